The summed E-state index contributed by atoms with van der Waals surface area (Å²) in [4.78, 5) is 26.8. The Morgan fingerprint density at radius 1 is 1.23 bits per heavy atom. The highest BCUT2D eigenvalue weighted by molar-refractivity contribution is 7.14. The molecule has 2 N–H and O–H groups in total. The molecule has 1 amide bonds. The van der Waals surface area contributed by atoms with E-state index in [0.29, 0.717) is 10.8 Å². The molecule has 0 unspecified atom stereocenters. The standard InChI is InChI=1S/C15H16N2O4S/c1-15(2,3)21-14(20)17-13-16-11(8-22-13)9-4-6-10(7-5-9)12(18)19/h4-8H,1-3H3,(H,18,19)(H,16,17,20). The number of rotatable bonds is 3. The average molecular weight is 320 g/mol. The smallest absolute Gasteiger partial charge is 0.413 e. The van der Waals surface area contributed by atoms with Crippen LogP contribution in [0.15, 0.2) is 29.6 Å². The largest absolute Gasteiger partial charge is 0.478 e. The zero-order valence-corrected chi connectivity index (χ0v) is 13.2. The number of ether oxygens (including phenoxy) is 1. The van der Waals surface area contributed by atoms with Gasteiger partial charge in [0.2, 0.25) is 0 Å². The zero-order valence-electron chi connectivity index (χ0n) is 12.4. The molecule has 0 fully saturated rings. The Hall–Kier alpha value is -2.41. The molecule has 22 heavy (non-hydrogen) atoms. The van der Waals surface area contributed by atoms with E-state index < -0.39 is 17.7 Å². The van der Waals surface area contributed by atoms with Gasteiger partial charge in [0.05, 0.1) is 11.3 Å². The molecule has 0 saturated carbocycles. The number of hydrogen-bond acceptors (Lipinski definition) is 5. The highest BCUT2D eigenvalue weighted by Gasteiger charge is 2.17. The van der Waals surface area contributed by atoms with Crippen LogP contribution in [-0.2, 0) is 4.74 Å². The second-order valence-electron chi connectivity index (χ2n) is 5.55. The third-order valence-corrected chi connectivity index (χ3v) is 3.30. The quantitative estimate of drug-likeness (QED) is 0.896. The number of carbonyl (C=O) groups excluding carboxylic acids is 1. The first kappa shape index (κ1) is 16.0. The van der Waals surface area contributed by atoms with Gasteiger partial charge in [0, 0.05) is 10.9 Å². The second kappa shape index (κ2) is 6.15. The highest BCUT2D eigenvalue weighted by Crippen LogP contribution is 2.25. The molecule has 0 aliphatic carbocycles. The van der Waals surface area contributed by atoms with Crippen LogP contribution in [0.1, 0.15) is 31.1 Å². The number of amides is 1. The first-order valence-electron chi connectivity index (χ1n) is 6.54. The molecule has 0 aliphatic heterocycles. The summed E-state index contributed by atoms with van der Waals surface area (Å²) < 4.78 is 5.15. The van der Waals surface area contributed by atoms with Gasteiger partial charge in [-0.2, -0.15) is 0 Å². The van der Waals surface area contributed by atoms with E-state index in [1.807, 2.05) is 0 Å². The Labute approximate surface area is 131 Å². The third kappa shape index (κ3) is 4.29. The maximum Gasteiger partial charge on any atom is 0.413 e. The summed E-state index contributed by atoms with van der Waals surface area (Å²) in [6.07, 6.45) is -0.561. The van der Waals surface area contributed by atoms with Gasteiger partial charge in [-0.05, 0) is 32.9 Å². The molecule has 0 aliphatic rings. The lowest BCUT2D eigenvalue weighted by Gasteiger charge is -2.18. The summed E-state index contributed by atoms with van der Waals surface area (Å²) in [5, 5.41) is 13.6. The maximum atomic E-state index is 11.7. The van der Waals surface area contributed by atoms with Crippen molar-refractivity contribution >= 4 is 28.5 Å². The number of thiazole rings is 1. The number of benzene rings is 1. The Morgan fingerprint density at radius 3 is 2.41 bits per heavy atom. The first-order valence-corrected chi connectivity index (χ1v) is 7.42. The lowest BCUT2D eigenvalue weighted by molar-refractivity contribution is 0.0634. The molecule has 6 nitrogen and oxygen atoms in total. The summed E-state index contributed by atoms with van der Waals surface area (Å²) in [5.41, 5.74) is 1.08. The van der Waals surface area contributed by atoms with Gasteiger partial charge in [-0.1, -0.05) is 12.1 Å². The number of aromatic nitrogens is 1. The van der Waals surface area contributed by atoms with Crippen molar-refractivity contribution in [1.29, 1.82) is 0 Å². The van der Waals surface area contributed by atoms with Crippen molar-refractivity contribution in [3.63, 3.8) is 0 Å². The van der Waals surface area contributed by atoms with E-state index in [4.69, 9.17) is 9.84 Å². The van der Waals surface area contributed by atoms with Gasteiger partial charge in [0.15, 0.2) is 5.13 Å². The molecular weight excluding hydrogens is 304 g/mol. The van der Waals surface area contributed by atoms with Crippen LogP contribution in [0, 0.1) is 0 Å². The van der Waals surface area contributed by atoms with E-state index >= 15 is 0 Å². The average Bonchev–Trinajstić information content (AvgIpc) is 2.85. The van der Waals surface area contributed by atoms with Crippen molar-refractivity contribution in [3.05, 3.63) is 35.2 Å². The van der Waals surface area contributed by atoms with Crippen LogP contribution in [0.4, 0.5) is 9.93 Å². The topological polar surface area (TPSA) is 88.5 Å². The Balaban J connectivity index is 2.08. The zero-order chi connectivity index (χ0) is 16.3. The molecule has 0 radical (unpaired) electrons. The Morgan fingerprint density at radius 2 is 1.86 bits per heavy atom. The van der Waals surface area contributed by atoms with Crippen LogP contribution in [-0.4, -0.2) is 27.8 Å². The van der Waals surface area contributed by atoms with E-state index in [1.165, 1.54) is 23.5 Å². The van der Waals surface area contributed by atoms with Crippen molar-refractivity contribution in [2.45, 2.75) is 26.4 Å². The number of carboxylic acids is 1. The fourth-order valence-corrected chi connectivity index (χ4v) is 2.34. The minimum atomic E-state index is -0.975. The number of anilines is 1. The number of nitrogens with one attached hydrogen (secondary N) is 1. The molecule has 1 aromatic heterocycles. The predicted molar refractivity (Wildman–Crippen MR) is 84.4 cm³/mol. The van der Waals surface area contributed by atoms with E-state index in [2.05, 4.69) is 10.3 Å². The van der Waals surface area contributed by atoms with Crippen LogP contribution in [0.5, 0.6) is 0 Å². The van der Waals surface area contributed by atoms with E-state index in [0.717, 1.165) is 5.56 Å². The molecule has 0 spiro atoms. The van der Waals surface area contributed by atoms with Gasteiger partial charge >= 0.3 is 12.1 Å². The Kier molecular flexibility index (Phi) is 4.46. The number of aromatic carboxylic acids is 1. The minimum absolute atomic E-state index is 0.214. The summed E-state index contributed by atoms with van der Waals surface area (Å²) >= 11 is 1.27. The summed E-state index contributed by atoms with van der Waals surface area (Å²) in [6.45, 7) is 5.34. The van der Waals surface area contributed by atoms with E-state index in [-0.39, 0.29) is 5.56 Å². The van der Waals surface area contributed by atoms with Crippen molar-refractivity contribution in [3.8, 4) is 11.3 Å². The van der Waals surface area contributed by atoms with Gasteiger partial charge < -0.3 is 9.84 Å². The SMILES string of the molecule is CC(C)(C)OC(=O)Nc1nc(-c2ccc(C(=O)O)cc2)cs1. The summed E-state index contributed by atoms with van der Waals surface area (Å²) in [6, 6.07) is 6.38. The molecule has 1 heterocycles. The monoisotopic (exact) mass is 320 g/mol. The van der Waals surface area contributed by atoms with Gasteiger partial charge in [-0.25, -0.2) is 14.6 Å². The molecule has 1 aromatic carbocycles. The van der Waals surface area contributed by atoms with Gasteiger partial charge in [0.25, 0.3) is 0 Å². The van der Waals surface area contributed by atoms with Crippen molar-refractivity contribution in [1.82, 2.24) is 4.98 Å². The van der Waals surface area contributed by atoms with E-state index in [1.54, 1.807) is 38.3 Å². The molecule has 0 bridgehead atoms. The molecule has 7 heteroatoms. The predicted octanol–water partition coefficient (Wildman–Crippen LogP) is 3.86. The molecule has 2 rings (SSSR count). The molecule has 0 saturated heterocycles. The second-order valence-corrected chi connectivity index (χ2v) is 6.41. The number of nitrogens with zero attached hydrogens (tertiary/aromatic N) is 1. The van der Waals surface area contributed by atoms with Crippen LogP contribution in [0.25, 0.3) is 11.3 Å². The van der Waals surface area contributed by atoms with Gasteiger partial charge in [-0.3, -0.25) is 5.32 Å². The number of carboxylic acid groups (broad SMARTS) is 1. The van der Waals surface area contributed by atoms with Crippen molar-refractivity contribution in [2.75, 3.05) is 5.32 Å². The number of carbonyl (C=O) groups is 2. The summed E-state index contributed by atoms with van der Waals surface area (Å²) in [7, 11) is 0. The summed E-state index contributed by atoms with van der Waals surface area (Å²) in [5.74, 6) is -0.975. The third-order valence-electron chi connectivity index (χ3n) is 2.54. The van der Waals surface area contributed by atoms with Gasteiger partial charge in [-0.15, -0.1) is 11.3 Å². The van der Waals surface area contributed by atoms with Crippen LogP contribution < -0.4 is 5.32 Å². The van der Waals surface area contributed by atoms with Crippen molar-refractivity contribution in [2.24, 2.45) is 0 Å². The van der Waals surface area contributed by atoms with Crippen LogP contribution in [0.3, 0.4) is 0 Å². The van der Waals surface area contributed by atoms with Crippen molar-refractivity contribution < 1.29 is 19.4 Å². The highest BCUT2D eigenvalue weighted by atomic mass is 32.1. The molecular formula is C15H16N2O4S. The molecule has 2 aromatic rings. The Bertz CT molecular complexity index is 686. The lowest BCUT2D eigenvalue weighted by Crippen LogP contribution is -2.27. The number of hydrogen-bond donors (Lipinski definition) is 2. The minimum Gasteiger partial charge on any atom is -0.478 e. The molecule has 116 valence electrons. The fraction of sp³-hybridized carbons (Fsp3) is 0.267. The van der Waals surface area contributed by atoms with Crippen LogP contribution >= 0.6 is 11.3 Å². The van der Waals surface area contributed by atoms with Gasteiger partial charge in [0.1, 0.15) is 5.60 Å². The fourth-order valence-electron chi connectivity index (χ4n) is 1.64. The molecule has 0 atom stereocenters. The first-order chi connectivity index (χ1) is 10.2. The van der Waals surface area contributed by atoms with Crippen LogP contribution in [0.2, 0.25) is 0 Å². The normalized spacial score (nSPS) is 11.0. The lowest BCUT2D eigenvalue weighted by atomic mass is 10.1. The maximum absolute atomic E-state index is 11.7. The van der Waals surface area contributed by atoms with E-state index in [9.17, 15) is 9.59 Å².